The largest absolute Gasteiger partial charge is 0.444 e. The number of amides is 2. The van der Waals surface area contributed by atoms with Gasteiger partial charge in [0.05, 0.1) is 17.6 Å². The molecule has 4 heterocycles. The van der Waals surface area contributed by atoms with Gasteiger partial charge in [0.1, 0.15) is 27.1 Å². The Balaban J connectivity index is 1.23. The molecule has 222 valence electrons. The third-order valence-electron chi connectivity index (χ3n) is 7.63. The van der Waals surface area contributed by atoms with Crippen LogP contribution in [0.25, 0.3) is 16.6 Å². The maximum atomic E-state index is 15.8. The van der Waals surface area contributed by atoms with Crippen molar-refractivity contribution in [2.75, 3.05) is 23.3 Å². The molecule has 2 aliphatic rings. The molecular weight excluding hydrogens is 607 g/mol. The quantitative estimate of drug-likeness (QED) is 0.309. The van der Waals surface area contributed by atoms with Gasteiger partial charge in [-0.25, -0.2) is 19.2 Å². The molecule has 0 radical (unpaired) electrons. The molecule has 1 aromatic carbocycles. The van der Waals surface area contributed by atoms with Crippen molar-refractivity contribution in [3.8, 4) is 0 Å². The summed E-state index contributed by atoms with van der Waals surface area (Å²) in [6.45, 7) is 8.73. The summed E-state index contributed by atoms with van der Waals surface area (Å²) in [5.74, 6) is -1.01. The minimum Gasteiger partial charge on any atom is -0.444 e. The van der Waals surface area contributed by atoms with E-state index in [4.69, 9.17) is 4.74 Å². The van der Waals surface area contributed by atoms with E-state index >= 15 is 4.39 Å². The topological polar surface area (TPSA) is 110 Å². The van der Waals surface area contributed by atoms with Gasteiger partial charge in [-0.3, -0.25) is 9.48 Å². The van der Waals surface area contributed by atoms with Crippen LogP contribution in [0.5, 0.6) is 0 Å². The van der Waals surface area contributed by atoms with Crippen LogP contribution in [0.4, 0.5) is 20.7 Å². The minimum absolute atomic E-state index is 0.0628. The Kier molecular flexibility index (Phi) is 7.11. The maximum Gasteiger partial charge on any atom is 0.410 e. The van der Waals surface area contributed by atoms with E-state index in [-0.39, 0.29) is 35.1 Å². The number of benzene rings is 1. The van der Waals surface area contributed by atoms with Crippen molar-refractivity contribution >= 4 is 56.0 Å². The van der Waals surface area contributed by atoms with E-state index in [9.17, 15) is 9.59 Å². The molecule has 11 nitrogen and oxygen atoms in total. The third kappa shape index (κ3) is 5.53. The Bertz CT molecular complexity index is 1700. The van der Waals surface area contributed by atoms with Crippen molar-refractivity contribution in [3.05, 3.63) is 46.3 Å². The van der Waals surface area contributed by atoms with Gasteiger partial charge in [-0.2, -0.15) is 5.10 Å². The van der Waals surface area contributed by atoms with Crippen LogP contribution in [-0.4, -0.2) is 71.8 Å². The molecule has 6 rings (SSSR count). The number of hydrogen-bond acceptors (Lipinski definition) is 7. The second-order valence-corrected chi connectivity index (χ2v) is 12.9. The number of nitrogens with zero attached hydrogens (tertiary/aromatic N) is 7. The molecule has 4 aromatic rings. The van der Waals surface area contributed by atoms with Crippen LogP contribution in [0.2, 0.25) is 0 Å². The first-order valence-electron chi connectivity index (χ1n) is 14.1. The zero-order valence-electron chi connectivity index (χ0n) is 24.3. The molecule has 13 heteroatoms. The number of imidazole rings is 1. The van der Waals surface area contributed by atoms with Gasteiger partial charge in [0.2, 0.25) is 0 Å². The number of carbonyl (C=O) groups excluding carboxylic acids is 2. The number of aryl methyl sites for hydroxylation is 2. The summed E-state index contributed by atoms with van der Waals surface area (Å²) < 4.78 is 25.4. The number of aromatic nitrogens is 5. The molecule has 2 fully saturated rings. The predicted molar refractivity (Wildman–Crippen MR) is 160 cm³/mol. The van der Waals surface area contributed by atoms with E-state index in [0.717, 1.165) is 25.7 Å². The van der Waals surface area contributed by atoms with Gasteiger partial charge in [-0.1, -0.05) is 0 Å². The maximum absolute atomic E-state index is 15.8. The van der Waals surface area contributed by atoms with E-state index in [1.807, 2.05) is 38.8 Å². The average molecular weight is 642 g/mol. The molecule has 1 aliphatic heterocycles. The highest BCUT2D eigenvalue weighted by Gasteiger charge is 2.41. The summed E-state index contributed by atoms with van der Waals surface area (Å²) in [6.07, 6.45) is 8.39. The SMILES string of the molecule is Cc1nc(Br)cn2cc(NC(=O)c3c(F)cc(N4CCC(N(C(=O)OC(C)(C)C)C5CC5)CC4)c4cn(C)nc34)nc12. The molecule has 1 aliphatic carbocycles. The lowest BCUT2D eigenvalue weighted by atomic mass is 10.0. The van der Waals surface area contributed by atoms with Crippen molar-refractivity contribution in [2.45, 2.75) is 71.1 Å². The molecule has 0 unspecified atom stereocenters. The average Bonchev–Trinajstić information content (AvgIpc) is 3.51. The first-order valence-corrected chi connectivity index (χ1v) is 14.9. The van der Waals surface area contributed by atoms with Gasteiger partial charge in [-0.05, 0) is 75.4 Å². The van der Waals surface area contributed by atoms with Gasteiger partial charge in [0.15, 0.2) is 11.5 Å². The number of nitrogens with one attached hydrogen (secondary N) is 1. The third-order valence-corrected chi connectivity index (χ3v) is 8.01. The van der Waals surface area contributed by atoms with Gasteiger partial charge in [0.25, 0.3) is 5.91 Å². The van der Waals surface area contributed by atoms with E-state index in [2.05, 4.69) is 41.2 Å². The Hall–Kier alpha value is -3.74. The summed E-state index contributed by atoms with van der Waals surface area (Å²) in [6, 6.07) is 1.71. The summed E-state index contributed by atoms with van der Waals surface area (Å²) >= 11 is 3.36. The van der Waals surface area contributed by atoms with Crippen molar-refractivity contribution in [3.63, 3.8) is 0 Å². The fourth-order valence-electron chi connectivity index (χ4n) is 5.72. The minimum atomic E-state index is -0.659. The van der Waals surface area contributed by atoms with Crippen LogP contribution >= 0.6 is 15.9 Å². The lowest BCUT2D eigenvalue weighted by Gasteiger charge is -2.40. The standard InChI is InChI=1S/C29H34BrFN8O3/c1-16-26-33-23(15-38(26)14-22(30)32-16)34-27(40)24-20(31)12-21(19-13-36(5)35-25(19)24)37-10-8-18(9-11-37)39(17-6-7-17)28(41)42-29(2,3)4/h12-15,17-18H,6-11H2,1-5H3,(H,34,40). The fraction of sp³-hybridized carbons (Fsp3) is 0.483. The molecule has 42 heavy (non-hydrogen) atoms. The van der Waals surface area contributed by atoms with E-state index < -0.39 is 17.3 Å². The highest BCUT2D eigenvalue weighted by atomic mass is 79.9. The molecule has 2 amide bonds. The number of carbonyl (C=O) groups is 2. The van der Waals surface area contributed by atoms with Crippen LogP contribution in [-0.2, 0) is 11.8 Å². The van der Waals surface area contributed by atoms with Gasteiger partial charge < -0.3 is 24.3 Å². The van der Waals surface area contributed by atoms with Crippen LogP contribution in [0, 0.1) is 12.7 Å². The first-order chi connectivity index (χ1) is 19.9. The normalized spacial score (nSPS) is 16.3. The Labute approximate surface area is 251 Å². The summed E-state index contributed by atoms with van der Waals surface area (Å²) in [5, 5.41) is 7.89. The molecule has 1 saturated carbocycles. The molecule has 1 saturated heterocycles. The van der Waals surface area contributed by atoms with E-state index in [0.29, 0.717) is 40.1 Å². The number of rotatable bonds is 5. The van der Waals surface area contributed by atoms with Crippen LogP contribution in [0.3, 0.4) is 0 Å². The second kappa shape index (κ2) is 10.5. The number of ether oxygens (including phenoxy) is 1. The van der Waals surface area contributed by atoms with Crippen LogP contribution < -0.4 is 10.2 Å². The second-order valence-electron chi connectivity index (χ2n) is 12.1. The highest BCUT2D eigenvalue weighted by Crippen LogP contribution is 2.37. The summed E-state index contributed by atoms with van der Waals surface area (Å²) in [7, 11) is 1.75. The molecular formula is C29H34BrFN8O3. The predicted octanol–water partition coefficient (Wildman–Crippen LogP) is 5.45. The van der Waals surface area contributed by atoms with Gasteiger partial charge in [-0.15, -0.1) is 0 Å². The van der Waals surface area contributed by atoms with E-state index in [1.54, 1.807) is 28.5 Å². The van der Waals surface area contributed by atoms with Crippen LogP contribution in [0.15, 0.2) is 29.3 Å². The zero-order chi connectivity index (χ0) is 29.9. The molecule has 0 bridgehead atoms. The Morgan fingerprint density at radius 1 is 1.10 bits per heavy atom. The Morgan fingerprint density at radius 2 is 1.79 bits per heavy atom. The zero-order valence-corrected chi connectivity index (χ0v) is 25.9. The molecule has 3 aromatic heterocycles. The van der Waals surface area contributed by atoms with Crippen molar-refractivity contribution in [1.29, 1.82) is 0 Å². The molecule has 1 N–H and O–H groups in total. The van der Waals surface area contributed by atoms with Crippen molar-refractivity contribution in [2.24, 2.45) is 7.05 Å². The monoisotopic (exact) mass is 640 g/mol. The lowest BCUT2D eigenvalue weighted by Crippen LogP contribution is -2.50. The number of anilines is 2. The molecule has 0 atom stereocenters. The van der Waals surface area contributed by atoms with Gasteiger partial charge in [0, 0.05) is 50.0 Å². The van der Waals surface area contributed by atoms with Gasteiger partial charge >= 0.3 is 6.09 Å². The number of piperidine rings is 1. The first kappa shape index (κ1) is 28.4. The number of fused-ring (bicyclic) bond motifs is 2. The van der Waals surface area contributed by atoms with Crippen molar-refractivity contribution in [1.82, 2.24) is 29.0 Å². The van der Waals surface area contributed by atoms with E-state index in [1.165, 1.54) is 6.07 Å². The lowest BCUT2D eigenvalue weighted by molar-refractivity contribution is 0.0114. The Morgan fingerprint density at radius 3 is 2.45 bits per heavy atom. The highest BCUT2D eigenvalue weighted by molar-refractivity contribution is 9.10. The number of halogens is 2. The van der Waals surface area contributed by atoms with Crippen molar-refractivity contribution < 1.29 is 18.7 Å². The summed E-state index contributed by atoms with van der Waals surface area (Å²) in [5.41, 5.74) is 1.54. The number of hydrogen-bond donors (Lipinski definition) is 1. The molecule has 0 spiro atoms. The summed E-state index contributed by atoms with van der Waals surface area (Å²) in [4.78, 5) is 39.2. The smallest absolute Gasteiger partial charge is 0.410 e. The van der Waals surface area contributed by atoms with Crippen LogP contribution in [0.1, 0.15) is 62.5 Å². The fourth-order valence-corrected chi connectivity index (χ4v) is 6.21.